The number of carbonyl (C=O) groups excluding carboxylic acids is 2. The summed E-state index contributed by atoms with van der Waals surface area (Å²) in [6.45, 7) is 4.79. The first-order chi connectivity index (χ1) is 15.2. The Morgan fingerprint density at radius 1 is 1.03 bits per heavy atom. The first-order valence-electron chi connectivity index (χ1n) is 9.47. The van der Waals surface area contributed by atoms with Gasteiger partial charge in [0.2, 0.25) is 6.41 Å². The monoisotopic (exact) mass is 489 g/mol. The molecule has 0 aliphatic rings. The van der Waals surface area contributed by atoms with Crippen LogP contribution in [-0.4, -0.2) is 37.0 Å². The molecule has 8 nitrogen and oxygen atoms in total. The summed E-state index contributed by atoms with van der Waals surface area (Å²) in [6, 6.07) is 11.4. The highest BCUT2D eigenvalue weighted by atomic mass is 32.2. The van der Waals surface area contributed by atoms with Gasteiger partial charge in [-0.2, -0.15) is 21.6 Å². The quantitative estimate of drug-likeness (QED) is 0.173. The first kappa shape index (κ1) is 26.1. The van der Waals surface area contributed by atoms with Crippen LogP contribution in [0.4, 0.5) is 13.2 Å². The van der Waals surface area contributed by atoms with Crippen molar-refractivity contribution in [2.24, 2.45) is 0 Å². The van der Waals surface area contributed by atoms with Gasteiger partial charge in [0.05, 0.1) is 5.60 Å². The van der Waals surface area contributed by atoms with Crippen molar-refractivity contribution in [3.8, 4) is 5.75 Å². The topological polar surface area (TPSA) is 99.2 Å². The zero-order chi connectivity index (χ0) is 24.9. The van der Waals surface area contributed by atoms with Gasteiger partial charge in [-0.25, -0.2) is 9.86 Å². The molecule has 12 heteroatoms. The Morgan fingerprint density at radius 2 is 1.61 bits per heavy atom. The molecule has 2 aromatic rings. The second-order valence-corrected chi connectivity index (χ2v) is 9.25. The number of rotatable bonds is 9. The molecule has 33 heavy (non-hydrogen) atoms. The number of benzene rings is 2. The van der Waals surface area contributed by atoms with Crippen molar-refractivity contribution in [3.05, 3.63) is 65.7 Å². The van der Waals surface area contributed by atoms with Gasteiger partial charge in [0.15, 0.2) is 6.04 Å². The Kier molecular flexibility index (Phi) is 8.09. The number of esters is 1. The molecule has 0 bridgehead atoms. The van der Waals surface area contributed by atoms with E-state index in [1.165, 1.54) is 0 Å². The molecule has 0 N–H and O–H groups in total. The van der Waals surface area contributed by atoms with Gasteiger partial charge < -0.3 is 8.92 Å². The zero-order valence-electron chi connectivity index (χ0n) is 17.9. The minimum atomic E-state index is -5.87. The van der Waals surface area contributed by atoms with Crippen LogP contribution in [0.2, 0.25) is 0 Å². The minimum Gasteiger partial charge on any atom is -0.459 e. The van der Waals surface area contributed by atoms with Crippen LogP contribution in [0.5, 0.6) is 5.75 Å². The molecule has 1 amide bonds. The summed E-state index contributed by atoms with van der Waals surface area (Å²) in [5.74, 6) is -1.52. The summed E-state index contributed by atoms with van der Waals surface area (Å²) in [7, 11) is -5.87. The summed E-state index contributed by atoms with van der Waals surface area (Å²) in [4.78, 5) is 30.1. The van der Waals surface area contributed by atoms with Gasteiger partial charge in [-0.1, -0.05) is 42.5 Å². The Labute approximate surface area is 188 Å². The third kappa shape index (κ3) is 7.46. The van der Waals surface area contributed by atoms with Gasteiger partial charge in [0.1, 0.15) is 12.4 Å². The lowest BCUT2D eigenvalue weighted by molar-refractivity contribution is -0.237. The highest BCUT2D eigenvalue weighted by Gasteiger charge is 2.48. The predicted molar refractivity (Wildman–Crippen MR) is 110 cm³/mol. The molecular weight excluding hydrogens is 467 g/mol. The largest absolute Gasteiger partial charge is 0.534 e. The Bertz CT molecular complexity index is 1050. The second kappa shape index (κ2) is 10.2. The number of hydrogen-bond donors (Lipinski definition) is 0. The van der Waals surface area contributed by atoms with Crippen LogP contribution in [0.1, 0.15) is 37.9 Å². The molecular formula is C21H22F3NO7S. The fourth-order valence-electron chi connectivity index (χ4n) is 2.53. The first-order valence-corrected chi connectivity index (χ1v) is 10.9. The summed E-state index contributed by atoms with van der Waals surface area (Å²) in [5, 5.41) is 0.718. The van der Waals surface area contributed by atoms with Crippen molar-refractivity contribution >= 4 is 22.5 Å². The molecule has 180 valence electrons. The summed E-state index contributed by atoms with van der Waals surface area (Å²) in [6.07, 6.45) is 0.262. The van der Waals surface area contributed by atoms with Crippen molar-refractivity contribution in [2.45, 2.75) is 44.5 Å². The van der Waals surface area contributed by atoms with E-state index in [9.17, 15) is 31.2 Å². The normalized spacial score (nSPS) is 13.2. The van der Waals surface area contributed by atoms with E-state index in [0.717, 1.165) is 29.3 Å². The highest BCUT2D eigenvalue weighted by molar-refractivity contribution is 7.88. The van der Waals surface area contributed by atoms with Gasteiger partial charge in [-0.3, -0.25) is 9.63 Å². The summed E-state index contributed by atoms with van der Waals surface area (Å²) < 4.78 is 69.3. The molecule has 0 aliphatic heterocycles. The molecule has 0 heterocycles. The minimum absolute atomic E-state index is 0.0844. The van der Waals surface area contributed by atoms with Crippen LogP contribution >= 0.6 is 0 Å². The van der Waals surface area contributed by atoms with E-state index < -0.39 is 39.0 Å². The maximum Gasteiger partial charge on any atom is 0.534 e. The predicted octanol–water partition coefficient (Wildman–Crippen LogP) is 3.89. The zero-order valence-corrected chi connectivity index (χ0v) is 18.7. The van der Waals surface area contributed by atoms with Gasteiger partial charge in [0.25, 0.3) is 0 Å². The molecule has 0 saturated carbocycles. The molecule has 0 saturated heterocycles. The van der Waals surface area contributed by atoms with Crippen LogP contribution < -0.4 is 4.18 Å². The van der Waals surface area contributed by atoms with E-state index >= 15 is 0 Å². The Hall–Kier alpha value is -3.12. The second-order valence-electron chi connectivity index (χ2n) is 7.72. The van der Waals surface area contributed by atoms with Gasteiger partial charge in [0, 0.05) is 0 Å². The summed E-state index contributed by atoms with van der Waals surface area (Å²) >= 11 is 0. The van der Waals surface area contributed by atoms with Crippen molar-refractivity contribution in [1.29, 1.82) is 0 Å². The van der Waals surface area contributed by atoms with Crippen LogP contribution in [0, 0.1) is 0 Å². The lowest BCUT2D eigenvalue weighted by atomic mass is 10.1. The molecule has 0 spiro atoms. The van der Waals surface area contributed by atoms with Crippen LogP contribution in [-0.2, 0) is 35.9 Å². The van der Waals surface area contributed by atoms with Crippen LogP contribution in [0.15, 0.2) is 54.6 Å². The summed E-state index contributed by atoms with van der Waals surface area (Å²) in [5.41, 5.74) is -5.73. The number of hydrogen-bond acceptors (Lipinski definition) is 7. The van der Waals surface area contributed by atoms with Crippen molar-refractivity contribution in [2.75, 3.05) is 0 Å². The maximum absolute atomic E-state index is 12.9. The van der Waals surface area contributed by atoms with Crippen LogP contribution in [0.25, 0.3) is 0 Å². The molecule has 0 aromatic heterocycles. The molecule has 0 unspecified atom stereocenters. The lowest BCUT2D eigenvalue weighted by Crippen LogP contribution is -2.39. The van der Waals surface area contributed by atoms with E-state index in [1.807, 2.05) is 0 Å². The maximum atomic E-state index is 12.9. The van der Waals surface area contributed by atoms with E-state index in [4.69, 9.17) is 9.57 Å². The lowest BCUT2D eigenvalue weighted by Gasteiger charge is -2.32. The molecule has 0 aliphatic carbocycles. The van der Waals surface area contributed by atoms with Crippen LogP contribution in [0.3, 0.4) is 0 Å². The SMILES string of the molecule is CC(C)(C)ON(C=O)[C@H](C(=O)OCc1ccccc1)c1ccc(OS(=O)(=O)C(F)(F)F)cc1. The molecule has 2 rings (SSSR count). The number of carbonyl (C=O) groups is 2. The fraction of sp³-hybridized carbons (Fsp3) is 0.333. The number of hydroxylamine groups is 2. The van der Waals surface area contributed by atoms with Gasteiger partial charge >= 0.3 is 21.6 Å². The number of amides is 1. The Balaban J connectivity index is 2.32. The standard InChI is InChI=1S/C21H22F3NO7S/c1-20(2,3)32-25(14-26)18(19(27)30-13-15-7-5-4-6-8-15)16-9-11-17(12-10-16)31-33(28,29)21(22,23)24/h4-12,14,18H,13H2,1-3H3/t18-/m0/s1. The molecule has 1 atom stereocenters. The number of alkyl halides is 3. The van der Waals surface area contributed by atoms with Gasteiger partial charge in [-0.15, -0.1) is 0 Å². The third-order valence-corrected chi connectivity index (χ3v) is 4.85. The average molecular weight is 489 g/mol. The van der Waals surface area contributed by atoms with Crippen molar-refractivity contribution in [1.82, 2.24) is 5.06 Å². The number of nitrogens with zero attached hydrogens (tertiary/aromatic N) is 1. The van der Waals surface area contributed by atoms with Gasteiger partial charge in [-0.05, 0) is 44.0 Å². The van der Waals surface area contributed by atoms with E-state index in [-0.39, 0.29) is 18.6 Å². The van der Waals surface area contributed by atoms with Crippen molar-refractivity contribution < 1.29 is 44.9 Å². The average Bonchev–Trinajstić information content (AvgIpc) is 2.71. The number of ether oxygens (including phenoxy) is 1. The molecule has 0 radical (unpaired) electrons. The molecule has 0 fully saturated rings. The van der Waals surface area contributed by atoms with E-state index in [0.29, 0.717) is 5.56 Å². The smallest absolute Gasteiger partial charge is 0.459 e. The fourth-order valence-corrected chi connectivity index (χ4v) is 2.98. The molecule has 2 aromatic carbocycles. The Morgan fingerprint density at radius 3 is 2.09 bits per heavy atom. The van der Waals surface area contributed by atoms with Crippen molar-refractivity contribution in [3.63, 3.8) is 0 Å². The van der Waals surface area contributed by atoms with E-state index in [1.54, 1.807) is 51.1 Å². The highest BCUT2D eigenvalue weighted by Crippen LogP contribution is 2.30. The third-order valence-electron chi connectivity index (χ3n) is 3.87. The number of halogens is 3. The van der Waals surface area contributed by atoms with E-state index in [2.05, 4.69) is 4.18 Å².